The highest BCUT2D eigenvalue weighted by molar-refractivity contribution is 5.91. The fourth-order valence-electron chi connectivity index (χ4n) is 3.02. The molecule has 3 rings (SSSR count). The molecule has 0 bridgehead atoms. The Labute approximate surface area is 182 Å². The number of aromatic nitrogens is 2. The van der Waals surface area contributed by atoms with Crippen molar-refractivity contribution in [1.29, 1.82) is 0 Å². The molecular weight excluding hydrogens is 416 g/mol. The molecule has 2 aromatic heterocycles. The lowest BCUT2D eigenvalue weighted by Crippen LogP contribution is -2.72. The molecule has 3 aromatic rings. The second-order valence-electron chi connectivity index (χ2n) is 7.21. The van der Waals surface area contributed by atoms with Crippen LogP contribution in [0.2, 0.25) is 0 Å². The second-order valence-corrected chi connectivity index (χ2v) is 7.21. The van der Waals surface area contributed by atoms with E-state index in [2.05, 4.69) is 9.98 Å². The molecule has 166 valence electrons. The molecule has 2 heterocycles. The van der Waals surface area contributed by atoms with Crippen molar-refractivity contribution < 1.29 is 30.4 Å². The summed E-state index contributed by atoms with van der Waals surface area (Å²) in [5.74, 6) is -1.78. The molecule has 0 fully saturated rings. The van der Waals surface area contributed by atoms with Gasteiger partial charge in [-0.3, -0.25) is 9.59 Å². The van der Waals surface area contributed by atoms with E-state index in [1.807, 2.05) is 18.2 Å². The average molecular weight is 440 g/mol. The Hall–Kier alpha value is -4.34. The highest BCUT2D eigenvalue weighted by atomic mass is 16.3. The first kappa shape index (κ1) is 22.3. The number of nitrogens with one attached hydrogen (secondary N) is 2. The third-order valence-electron chi connectivity index (χ3n) is 4.91. The van der Waals surface area contributed by atoms with Crippen LogP contribution in [0, 0.1) is 0 Å². The monoisotopic (exact) mass is 440 g/mol. The zero-order chi connectivity index (χ0) is 23.4. The van der Waals surface area contributed by atoms with E-state index in [-0.39, 0.29) is 36.0 Å². The van der Waals surface area contributed by atoms with Gasteiger partial charge in [-0.05, 0) is 18.2 Å². The molecule has 0 saturated heterocycles. The van der Waals surface area contributed by atoms with Crippen LogP contribution in [0.25, 0.3) is 0 Å². The number of pyridine rings is 2. The van der Waals surface area contributed by atoms with Gasteiger partial charge in [-0.25, -0.2) is 9.98 Å². The molecule has 0 atom stereocenters. The van der Waals surface area contributed by atoms with Gasteiger partial charge in [0.05, 0.1) is 0 Å². The summed E-state index contributed by atoms with van der Waals surface area (Å²) in [4.78, 5) is 29.1. The van der Waals surface area contributed by atoms with Gasteiger partial charge in [-0.15, -0.1) is 0 Å². The normalized spacial score (nSPS) is 12.2. The molecule has 0 spiro atoms. The van der Waals surface area contributed by atoms with Gasteiger partial charge >= 0.3 is 11.8 Å². The van der Waals surface area contributed by atoms with Gasteiger partial charge in [0.1, 0.15) is 11.1 Å². The van der Waals surface area contributed by atoms with Crippen LogP contribution < -0.4 is 21.1 Å². The predicted molar refractivity (Wildman–Crippen MR) is 116 cm³/mol. The van der Waals surface area contributed by atoms with Gasteiger partial charge in [0, 0.05) is 37.6 Å². The molecule has 6 N–H and O–H groups in total. The first-order valence-corrected chi connectivity index (χ1v) is 9.64. The third-order valence-corrected chi connectivity index (χ3v) is 4.91. The predicted octanol–water partition coefficient (Wildman–Crippen LogP) is -2.33. The van der Waals surface area contributed by atoms with E-state index >= 15 is 0 Å². The smallest absolute Gasteiger partial charge is 0.370 e. The van der Waals surface area contributed by atoms with Crippen LogP contribution in [0.3, 0.4) is 0 Å². The van der Waals surface area contributed by atoms with E-state index in [4.69, 9.17) is 0 Å². The summed E-state index contributed by atoms with van der Waals surface area (Å²) in [6, 6.07) is 10.1. The zero-order valence-corrected chi connectivity index (χ0v) is 17.5. The van der Waals surface area contributed by atoms with Gasteiger partial charge < -0.3 is 29.6 Å². The fraction of sp³-hybridized carbons (Fsp3) is 0.182. The van der Waals surface area contributed by atoms with Crippen LogP contribution in [-0.2, 0) is 27.2 Å². The summed E-state index contributed by atoms with van der Waals surface area (Å²) in [5, 5.41) is 40.3. The van der Waals surface area contributed by atoms with Crippen molar-refractivity contribution in [2.24, 2.45) is 14.1 Å². The van der Waals surface area contributed by atoms with Crippen molar-refractivity contribution >= 4 is 11.8 Å². The molecule has 0 aliphatic carbocycles. The van der Waals surface area contributed by atoms with Crippen molar-refractivity contribution in [3.63, 3.8) is 0 Å². The Morgan fingerprint density at radius 2 is 1.19 bits per heavy atom. The number of rotatable bonds is 6. The van der Waals surface area contributed by atoms with Crippen molar-refractivity contribution in [2.45, 2.75) is 13.1 Å². The summed E-state index contributed by atoms with van der Waals surface area (Å²) in [5.41, 5.74) is 0.327. The van der Waals surface area contributed by atoms with Crippen LogP contribution in [0.5, 0.6) is 11.5 Å². The largest absolute Gasteiger partial charge is 0.502 e. The van der Waals surface area contributed by atoms with Gasteiger partial charge in [0.2, 0.25) is 0 Å². The van der Waals surface area contributed by atoms with Crippen molar-refractivity contribution in [3.8, 4) is 11.5 Å². The van der Waals surface area contributed by atoms with E-state index in [0.29, 0.717) is 0 Å². The highest BCUT2D eigenvalue weighted by Gasteiger charge is 2.18. The van der Waals surface area contributed by atoms with Gasteiger partial charge in [0.15, 0.2) is 24.6 Å². The molecule has 32 heavy (non-hydrogen) atoms. The number of aryl methyl sites for hydroxylation is 2. The van der Waals surface area contributed by atoms with Crippen LogP contribution in [-0.4, -0.2) is 41.4 Å². The molecule has 1 aromatic carbocycles. The highest BCUT2D eigenvalue weighted by Crippen LogP contribution is 2.09. The standard InChI is InChI=1S/C22H22N4O6/c1-25-8-6-15(17(27)21(25)31)19(29)23-11-13-4-3-5-14(10-13)12-24-20(30)16-7-9-26(2)22(32)18(16)28/h3-10,27-28H,11-12H2,1-2H3,(H,23,29)(H,24,30)/p+2. The summed E-state index contributed by atoms with van der Waals surface area (Å²) in [6.07, 6.45) is 2.87. The van der Waals surface area contributed by atoms with E-state index in [0.717, 1.165) is 11.1 Å². The summed E-state index contributed by atoms with van der Waals surface area (Å²) in [7, 11) is 2.98. The Bertz CT molecular complexity index is 1240. The molecule has 0 aliphatic heterocycles. The van der Waals surface area contributed by atoms with Crippen molar-refractivity contribution in [3.05, 3.63) is 91.8 Å². The number of benzene rings is 1. The lowest BCUT2D eigenvalue weighted by molar-refractivity contribution is -0.484. The lowest BCUT2D eigenvalue weighted by Gasteiger charge is -2.02. The van der Waals surface area contributed by atoms with Gasteiger partial charge in [-0.1, -0.05) is 18.2 Å². The van der Waals surface area contributed by atoms with Crippen LogP contribution in [0.1, 0.15) is 22.3 Å². The molecule has 0 aliphatic rings. The minimum atomic E-state index is -0.623. The Morgan fingerprint density at radius 1 is 0.781 bits per heavy atom. The number of nitrogens with zero attached hydrogens (tertiary/aromatic N) is 2. The van der Waals surface area contributed by atoms with E-state index < -0.39 is 22.6 Å². The number of hydrogen-bond donors (Lipinski definition) is 6. The topological polar surface area (TPSA) is 153 Å². The van der Waals surface area contributed by atoms with Crippen LogP contribution in [0.4, 0.5) is 0 Å². The van der Waals surface area contributed by atoms with Crippen molar-refractivity contribution in [2.75, 3.05) is 0 Å². The first-order chi connectivity index (χ1) is 15.2. The Balaban J connectivity index is 1.76. The van der Waals surface area contributed by atoms with Gasteiger partial charge in [0.25, 0.3) is 11.1 Å². The van der Waals surface area contributed by atoms with E-state index in [9.17, 15) is 30.0 Å². The molecule has 0 radical (unpaired) electrons. The van der Waals surface area contributed by atoms with Crippen LogP contribution >= 0.6 is 0 Å². The average Bonchev–Trinajstić information content (AvgIpc) is 2.78. The molecule has 10 heteroatoms. The Morgan fingerprint density at radius 3 is 1.59 bits per heavy atom. The molecular formula is C22H24N4O6+2. The summed E-state index contributed by atoms with van der Waals surface area (Å²) >= 11 is 0. The van der Waals surface area contributed by atoms with Crippen LogP contribution in [0.15, 0.2) is 58.4 Å². The summed E-state index contributed by atoms with van der Waals surface area (Å²) < 4.78 is 2.39. The fourth-order valence-corrected chi connectivity index (χ4v) is 3.02. The molecule has 0 unspecified atom stereocenters. The molecule has 10 nitrogen and oxygen atoms in total. The molecule has 0 amide bonds. The van der Waals surface area contributed by atoms with Gasteiger partial charge in [-0.2, -0.15) is 0 Å². The number of aliphatic hydroxyl groups is 2. The minimum Gasteiger partial charge on any atom is -0.502 e. The maximum Gasteiger partial charge on any atom is 0.370 e. The number of aromatic hydroxyl groups is 2. The van der Waals surface area contributed by atoms with E-state index in [1.54, 1.807) is 6.07 Å². The third kappa shape index (κ3) is 4.69. The van der Waals surface area contributed by atoms with Crippen molar-refractivity contribution in [1.82, 2.24) is 9.13 Å². The maximum atomic E-state index is 11.8. The summed E-state index contributed by atoms with van der Waals surface area (Å²) in [6.45, 7) is 0.416. The number of hydrogen-bond acceptors (Lipinski definition) is 4. The number of aliphatic hydroxyl groups excluding tert-OH is 2. The maximum absolute atomic E-state index is 11.8. The van der Waals surface area contributed by atoms with E-state index in [1.165, 1.54) is 47.8 Å². The molecule has 0 saturated carbocycles. The zero-order valence-electron chi connectivity index (χ0n) is 17.5. The SMILES string of the molecule is Cn1ccc(C(O)=[NH+]Cc2cccc(C[NH+]=C(O)c3ccn(C)c(=O)c3O)c2)c(O)c1=O. The second kappa shape index (κ2) is 9.21. The Kier molecular flexibility index (Phi) is 6.43. The first-order valence-electron chi connectivity index (χ1n) is 9.64. The minimum absolute atomic E-state index is 0.000690. The quantitative estimate of drug-likeness (QED) is 0.187. The lowest BCUT2D eigenvalue weighted by atomic mass is 10.1.